The van der Waals surface area contributed by atoms with Gasteiger partial charge in [-0.05, 0) is 49.6 Å². The maximum absolute atomic E-state index is 13.1. The van der Waals surface area contributed by atoms with Crippen molar-refractivity contribution in [1.29, 1.82) is 0 Å². The van der Waals surface area contributed by atoms with Crippen molar-refractivity contribution in [3.8, 4) is 0 Å². The summed E-state index contributed by atoms with van der Waals surface area (Å²) in [5, 5.41) is 0. The molecule has 0 spiro atoms. The number of amides is 1. The van der Waals surface area contributed by atoms with Gasteiger partial charge in [-0.3, -0.25) is 4.79 Å². The zero-order chi connectivity index (χ0) is 15.0. The number of carbonyl (C=O) groups excluding carboxylic acids is 1. The third-order valence-electron chi connectivity index (χ3n) is 4.23. The maximum atomic E-state index is 13.1. The molecule has 0 fully saturated rings. The predicted molar refractivity (Wildman–Crippen MR) is 81.9 cm³/mol. The summed E-state index contributed by atoms with van der Waals surface area (Å²) in [7, 11) is 0. The summed E-state index contributed by atoms with van der Waals surface area (Å²) in [5.41, 5.74) is 2.36. The number of nitrogens with zero attached hydrogens (tertiary/aromatic N) is 1. The minimum atomic E-state index is -0.675. The monoisotopic (exact) mass is 283 g/mol. The normalized spacial score (nSPS) is 14.1. The van der Waals surface area contributed by atoms with Gasteiger partial charge in [0.1, 0.15) is 5.82 Å². The Bertz CT molecular complexity index is 676. The summed E-state index contributed by atoms with van der Waals surface area (Å²) in [4.78, 5) is 14.8. The van der Waals surface area contributed by atoms with E-state index in [0.717, 1.165) is 17.7 Å². The van der Waals surface area contributed by atoms with Crippen molar-refractivity contribution in [2.45, 2.75) is 25.7 Å². The van der Waals surface area contributed by atoms with Gasteiger partial charge in [-0.2, -0.15) is 0 Å². The van der Waals surface area contributed by atoms with Gasteiger partial charge in [0.2, 0.25) is 5.91 Å². The predicted octanol–water partition coefficient (Wildman–Crippen LogP) is 3.69. The van der Waals surface area contributed by atoms with E-state index in [9.17, 15) is 9.18 Å². The van der Waals surface area contributed by atoms with Crippen LogP contribution in [-0.2, 0) is 16.6 Å². The third-order valence-corrected chi connectivity index (χ3v) is 4.23. The number of rotatable bonds is 2. The van der Waals surface area contributed by atoms with Crippen LogP contribution >= 0.6 is 0 Å². The van der Waals surface area contributed by atoms with E-state index < -0.39 is 5.41 Å². The molecule has 3 rings (SSSR count). The Balaban J connectivity index is 1.93. The van der Waals surface area contributed by atoms with Crippen molar-refractivity contribution in [1.82, 2.24) is 0 Å². The fraction of sp³-hybridized carbons (Fsp3) is 0.278. The molecule has 1 aliphatic heterocycles. The van der Waals surface area contributed by atoms with Gasteiger partial charge in [-0.1, -0.05) is 30.3 Å². The zero-order valence-electron chi connectivity index (χ0n) is 12.3. The van der Waals surface area contributed by atoms with Gasteiger partial charge in [-0.15, -0.1) is 0 Å². The first-order chi connectivity index (χ1) is 10.00. The van der Waals surface area contributed by atoms with Gasteiger partial charge in [0.05, 0.1) is 5.41 Å². The first-order valence-electron chi connectivity index (χ1n) is 7.16. The highest BCUT2D eigenvalue weighted by Gasteiger charge is 2.36. The molecule has 2 aromatic rings. The van der Waals surface area contributed by atoms with Crippen LogP contribution < -0.4 is 4.90 Å². The molecular formula is C18H18FNO. The first kappa shape index (κ1) is 13.8. The highest BCUT2D eigenvalue weighted by molar-refractivity contribution is 6.02. The van der Waals surface area contributed by atoms with Crippen LogP contribution in [-0.4, -0.2) is 12.5 Å². The number of benzene rings is 2. The van der Waals surface area contributed by atoms with E-state index in [-0.39, 0.29) is 11.7 Å². The lowest BCUT2D eigenvalue weighted by molar-refractivity contribution is -0.122. The van der Waals surface area contributed by atoms with Crippen LogP contribution in [0.2, 0.25) is 0 Å². The third kappa shape index (κ3) is 2.33. The Morgan fingerprint density at radius 2 is 1.76 bits per heavy atom. The minimum Gasteiger partial charge on any atom is -0.311 e. The standard InChI is InChI=1S/C18H18FNO/c1-18(2,14-7-9-15(19)10-8-14)17(21)20-12-11-13-5-3-4-6-16(13)20/h3-10H,11-12H2,1-2H3. The molecule has 21 heavy (non-hydrogen) atoms. The highest BCUT2D eigenvalue weighted by Crippen LogP contribution is 2.33. The maximum Gasteiger partial charge on any atom is 0.237 e. The molecule has 1 heterocycles. The quantitative estimate of drug-likeness (QED) is 0.823. The van der Waals surface area contributed by atoms with Crippen molar-refractivity contribution in [2.75, 3.05) is 11.4 Å². The lowest BCUT2D eigenvalue weighted by Gasteiger charge is -2.30. The average Bonchev–Trinajstić information content (AvgIpc) is 2.90. The molecule has 2 aromatic carbocycles. The smallest absolute Gasteiger partial charge is 0.237 e. The molecule has 2 nitrogen and oxygen atoms in total. The van der Waals surface area contributed by atoms with Crippen LogP contribution in [0.3, 0.4) is 0 Å². The number of hydrogen-bond donors (Lipinski definition) is 0. The van der Waals surface area contributed by atoms with Crippen LogP contribution in [0.1, 0.15) is 25.0 Å². The van der Waals surface area contributed by atoms with Crippen LogP contribution in [0.4, 0.5) is 10.1 Å². The molecular weight excluding hydrogens is 265 g/mol. The van der Waals surface area contributed by atoms with Gasteiger partial charge >= 0.3 is 0 Å². The second-order valence-electron chi connectivity index (χ2n) is 5.97. The van der Waals surface area contributed by atoms with E-state index >= 15 is 0 Å². The Kier molecular flexibility index (Phi) is 3.28. The lowest BCUT2D eigenvalue weighted by atomic mass is 9.83. The van der Waals surface area contributed by atoms with E-state index in [1.54, 1.807) is 12.1 Å². The number of hydrogen-bond acceptors (Lipinski definition) is 1. The molecule has 108 valence electrons. The molecule has 1 amide bonds. The molecule has 0 aliphatic carbocycles. The molecule has 0 aromatic heterocycles. The van der Waals surface area contributed by atoms with Gasteiger partial charge in [0, 0.05) is 12.2 Å². The summed E-state index contributed by atoms with van der Waals surface area (Å²) >= 11 is 0. The average molecular weight is 283 g/mol. The Morgan fingerprint density at radius 1 is 1.10 bits per heavy atom. The first-order valence-corrected chi connectivity index (χ1v) is 7.16. The van der Waals surface area contributed by atoms with E-state index in [1.807, 2.05) is 36.9 Å². The number of para-hydroxylation sites is 1. The zero-order valence-corrected chi connectivity index (χ0v) is 12.3. The van der Waals surface area contributed by atoms with E-state index in [1.165, 1.54) is 17.7 Å². The van der Waals surface area contributed by atoms with Gasteiger partial charge in [0.15, 0.2) is 0 Å². The van der Waals surface area contributed by atoms with Crippen LogP contribution in [0.15, 0.2) is 48.5 Å². The van der Waals surface area contributed by atoms with Crippen LogP contribution in [0, 0.1) is 5.82 Å². The summed E-state index contributed by atoms with van der Waals surface area (Å²) < 4.78 is 13.1. The fourth-order valence-corrected chi connectivity index (χ4v) is 2.88. The molecule has 0 saturated carbocycles. The number of halogens is 1. The number of carbonyl (C=O) groups is 1. The topological polar surface area (TPSA) is 20.3 Å². The van der Waals surface area contributed by atoms with Crippen molar-refractivity contribution in [2.24, 2.45) is 0 Å². The summed E-state index contributed by atoms with van der Waals surface area (Å²) in [6.07, 6.45) is 0.890. The fourth-order valence-electron chi connectivity index (χ4n) is 2.88. The van der Waals surface area contributed by atoms with Crippen molar-refractivity contribution >= 4 is 11.6 Å². The molecule has 0 saturated heterocycles. The second-order valence-corrected chi connectivity index (χ2v) is 5.97. The van der Waals surface area contributed by atoms with E-state index in [2.05, 4.69) is 6.07 Å². The van der Waals surface area contributed by atoms with E-state index in [4.69, 9.17) is 0 Å². The van der Waals surface area contributed by atoms with Crippen LogP contribution in [0.5, 0.6) is 0 Å². The Labute approximate surface area is 124 Å². The van der Waals surface area contributed by atoms with E-state index in [0.29, 0.717) is 6.54 Å². The lowest BCUT2D eigenvalue weighted by Crippen LogP contribution is -2.42. The minimum absolute atomic E-state index is 0.0547. The number of anilines is 1. The molecule has 0 bridgehead atoms. The summed E-state index contributed by atoms with van der Waals surface area (Å²) in [5.74, 6) is -0.229. The van der Waals surface area contributed by atoms with Crippen molar-refractivity contribution < 1.29 is 9.18 Å². The molecule has 0 N–H and O–H groups in total. The number of fused-ring (bicyclic) bond motifs is 1. The molecule has 1 aliphatic rings. The summed E-state index contributed by atoms with van der Waals surface area (Å²) in [6.45, 7) is 4.50. The summed E-state index contributed by atoms with van der Waals surface area (Å²) in [6, 6.07) is 14.2. The largest absolute Gasteiger partial charge is 0.311 e. The molecule has 0 atom stereocenters. The molecule has 0 radical (unpaired) electrons. The Morgan fingerprint density at radius 3 is 2.48 bits per heavy atom. The Hall–Kier alpha value is -2.16. The van der Waals surface area contributed by atoms with Crippen molar-refractivity contribution in [3.63, 3.8) is 0 Å². The van der Waals surface area contributed by atoms with Gasteiger partial charge in [-0.25, -0.2) is 4.39 Å². The van der Waals surface area contributed by atoms with Crippen LogP contribution in [0.25, 0.3) is 0 Å². The van der Waals surface area contributed by atoms with Crippen molar-refractivity contribution in [3.05, 3.63) is 65.5 Å². The second kappa shape index (κ2) is 4.99. The molecule has 0 unspecified atom stereocenters. The van der Waals surface area contributed by atoms with Gasteiger partial charge < -0.3 is 4.90 Å². The van der Waals surface area contributed by atoms with Gasteiger partial charge in [0.25, 0.3) is 0 Å². The molecule has 3 heteroatoms. The SMILES string of the molecule is CC(C)(C(=O)N1CCc2ccccc21)c1ccc(F)cc1. The highest BCUT2D eigenvalue weighted by atomic mass is 19.1.